The van der Waals surface area contributed by atoms with Gasteiger partial charge < -0.3 is 0 Å². The quantitative estimate of drug-likeness (QED) is 0.673. The molecule has 2 aromatic rings. The minimum Gasteiger partial charge on any atom is -0.214 e. The third-order valence-corrected chi connectivity index (χ3v) is 2.38. The van der Waals surface area contributed by atoms with E-state index in [-0.39, 0.29) is 16.8 Å². The molecule has 83 valence electrons. The van der Waals surface area contributed by atoms with E-state index < -0.39 is 0 Å². The standard InChI is InChI=1S/C10H9.C5H5.Co/c1-2-6-9(5-1)10-7-3-4-8-10;1-2-4-5-3-1;/h1-9H;1-5H;/q2*-1;+2. The number of rotatable bonds is 1. The van der Waals surface area contributed by atoms with E-state index in [9.17, 15) is 0 Å². The average molecular weight is 253 g/mol. The van der Waals surface area contributed by atoms with Crippen LogP contribution >= 0.6 is 0 Å². The molecule has 1 aliphatic rings. The molecule has 0 amide bonds. The van der Waals surface area contributed by atoms with E-state index in [2.05, 4.69) is 48.6 Å². The van der Waals surface area contributed by atoms with Gasteiger partial charge in [-0.05, 0) is 5.92 Å². The molecule has 2 aromatic carbocycles. The van der Waals surface area contributed by atoms with Crippen molar-refractivity contribution < 1.29 is 16.8 Å². The van der Waals surface area contributed by atoms with Crippen molar-refractivity contribution in [1.29, 1.82) is 0 Å². The van der Waals surface area contributed by atoms with E-state index in [4.69, 9.17) is 0 Å². The molecule has 0 aromatic heterocycles. The summed E-state index contributed by atoms with van der Waals surface area (Å²) in [4.78, 5) is 0. The van der Waals surface area contributed by atoms with Crippen LogP contribution in [-0.4, -0.2) is 0 Å². The van der Waals surface area contributed by atoms with Crippen molar-refractivity contribution in [2.75, 3.05) is 0 Å². The molecule has 1 aliphatic carbocycles. The van der Waals surface area contributed by atoms with E-state index in [1.54, 1.807) is 0 Å². The predicted octanol–water partition coefficient (Wildman–Crippen LogP) is 4.02. The summed E-state index contributed by atoms with van der Waals surface area (Å²) in [5.41, 5.74) is 1.39. The Balaban J connectivity index is 0.000000183. The minimum atomic E-state index is 0. The Morgan fingerprint density at radius 3 is 2.00 bits per heavy atom. The summed E-state index contributed by atoms with van der Waals surface area (Å²) in [5, 5.41) is 0. The predicted molar refractivity (Wildman–Crippen MR) is 65.1 cm³/mol. The maximum absolute atomic E-state index is 2.20. The van der Waals surface area contributed by atoms with Crippen molar-refractivity contribution in [1.82, 2.24) is 0 Å². The van der Waals surface area contributed by atoms with Crippen LogP contribution < -0.4 is 0 Å². The molecule has 0 N–H and O–H groups in total. The molecule has 0 unspecified atom stereocenters. The molecule has 0 nitrogen and oxygen atoms in total. The van der Waals surface area contributed by atoms with E-state index in [1.165, 1.54) is 5.56 Å². The van der Waals surface area contributed by atoms with Gasteiger partial charge in [0, 0.05) is 0 Å². The van der Waals surface area contributed by atoms with E-state index in [0.717, 1.165) is 0 Å². The fourth-order valence-corrected chi connectivity index (χ4v) is 1.59. The van der Waals surface area contributed by atoms with Crippen LogP contribution in [0.25, 0.3) is 0 Å². The van der Waals surface area contributed by atoms with Gasteiger partial charge in [-0.1, -0.05) is 24.3 Å². The smallest absolute Gasteiger partial charge is 0.214 e. The zero-order valence-corrected chi connectivity index (χ0v) is 9.96. The first-order valence-corrected chi connectivity index (χ1v) is 5.20. The van der Waals surface area contributed by atoms with Crippen molar-refractivity contribution in [2.24, 2.45) is 0 Å². The zero-order chi connectivity index (χ0) is 10.3. The third-order valence-electron chi connectivity index (χ3n) is 2.38. The van der Waals surface area contributed by atoms with Gasteiger partial charge in [-0.2, -0.15) is 35.9 Å². The SMILES string of the molecule is C1=CC(c2ccc[cH-]2)C=C1.[Co+2].c1cc[cH-]c1. The van der Waals surface area contributed by atoms with Crippen molar-refractivity contribution >= 4 is 0 Å². The fourth-order valence-electron chi connectivity index (χ4n) is 1.59. The molecule has 16 heavy (non-hydrogen) atoms. The maximum atomic E-state index is 2.20. The van der Waals surface area contributed by atoms with Crippen LogP contribution in [0.15, 0.2) is 78.9 Å². The molecule has 0 saturated carbocycles. The molecule has 3 rings (SSSR count). The molecule has 0 bridgehead atoms. The first-order valence-electron chi connectivity index (χ1n) is 5.20. The van der Waals surface area contributed by atoms with Crippen molar-refractivity contribution in [2.45, 2.75) is 5.92 Å². The van der Waals surface area contributed by atoms with Crippen molar-refractivity contribution in [3.63, 3.8) is 0 Å². The van der Waals surface area contributed by atoms with Gasteiger partial charge in [0.15, 0.2) is 0 Å². The normalized spacial score (nSPS) is 13.0. The summed E-state index contributed by atoms with van der Waals surface area (Å²) in [7, 11) is 0. The van der Waals surface area contributed by atoms with Crippen LogP contribution in [0.5, 0.6) is 0 Å². The topological polar surface area (TPSA) is 0 Å². The van der Waals surface area contributed by atoms with Crippen LogP contribution in [0.4, 0.5) is 0 Å². The Hall–Kier alpha value is -1.31. The van der Waals surface area contributed by atoms with Gasteiger partial charge in [0.05, 0.1) is 0 Å². The molecule has 0 heterocycles. The number of allylic oxidation sites excluding steroid dienone is 4. The second-order valence-corrected chi connectivity index (χ2v) is 3.48. The summed E-state index contributed by atoms with van der Waals surface area (Å²) >= 11 is 0. The van der Waals surface area contributed by atoms with E-state index >= 15 is 0 Å². The van der Waals surface area contributed by atoms with E-state index in [1.807, 2.05) is 30.3 Å². The van der Waals surface area contributed by atoms with Gasteiger partial charge in [-0.25, -0.2) is 24.3 Å². The Morgan fingerprint density at radius 1 is 0.875 bits per heavy atom. The summed E-state index contributed by atoms with van der Waals surface area (Å²) in [6.07, 6.45) is 8.60. The fraction of sp³-hybridized carbons (Fsp3) is 0.0667. The van der Waals surface area contributed by atoms with Gasteiger partial charge in [0.25, 0.3) is 0 Å². The van der Waals surface area contributed by atoms with Crippen LogP contribution in [0.3, 0.4) is 0 Å². The molecular formula is C15H14Co. The molecule has 0 spiro atoms. The van der Waals surface area contributed by atoms with Gasteiger partial charge >= 0.3 is 16.8 Å². The second-order valence-electron chi connectivity index (χ2n) is 3.48. The monoisotopic (exact) mass is 253 g/mol. The summed E-state index contributed by atoms with van der Waals surface area (Å²) in [6, 6.07) is 18.5. The van der Waals surface area contributed by atoms with Crippen LogP contribution in [0.1, 0.15) is 11.5 Å². The summed E-state index contributed by atoms with van der Waals surface area (Å²) < 4.78 is 0. The Labute approximate surface area is 107 Å². The maximum Gasteiger partial charge on any atom is 2.00 e. The van der Waals surface area contributed by atoms with Crippen LogP contribution in [-0.2, 0) is 16.8 Å². The molecule has 1 radical (unpaired) electrons. The second kappa shape index (κ2) is 7.04. The molecule has 1 heteroatoms. The first kappa shape index (κ1) is 12.8. The largest absolute Gasteiger partial charge is 2.00 e. The minimum absolute atomic E-state index is 0. The van der Waals surface area contributed by atoms with Gasteiger partial charge in [0.2, 0.25) is 0 Å². The van der Waals surface area contributed by atoms with E-state index in [0.29, 0.717) is 5.92 Å². The molecular weight excluding hydrogens is 239 g/mol. The number of hydrogen-bond acceptors (Lipinski definition) is 0. The Morgan fingerprint density at radius 2 is 1.56 bits per heavy atom. The average Bonchev–Trinajstić information content (AvgIpc) is 3.06. The van der Waals surface area contributed by atoms with Gasteiger partial charge in [-0.15, -0.1) is 0 Å². The molecule has 0 atom stereocenters. The van der Waals surface area contributed by atoms with Crippen LogP contribution in [0, 0.1) is 0 Å². The summed E-state index contributed by atoms with van der Waals surface area (Å²) in [5.74, 6) is 0.537. The summed E-state index contributed by atoms with van der Waals surface area (Å²) in [6.45, 7) is 0. The molecule has 0 fully saturated rings. The third kappa shape index (κ3) is 3.68. The molecule has 0 aliphatic heterocycles. The van der Waals surface area contributed by atoms with Gasteiger partial charge in [0.1, 0.15) is 0 Å². The van der Waals surface area contributed by atoms with Crippen LogP contribution in [0.2, 0.25) is 0 Å². The zero-order valence-electron chi connectivity index (χ0n) is 8.92. The number of hydrogen-bond donors (Lipinski definition) is 0. The van der Waals surface area contributed by atoms with Gasteiger partial charge in [-0.3, -0.25) is 0 Å². The first-order chi connectivity index (χ1) is 7.47. The molecule has 0 saturated heterocycles. The van der Waals surface area contributed by atoms with Crippen molar-refractivity contribution in [3.8, 4) is 0 Å². The Kier molecular flexibility index (Phi) is 5.61. The van der Waals surface area contributed by atoms with Crippen molar-refractivity contribution in [3.05, 3.63) is 84.5 Å². The Bertz CT molecular complexity index is 375.